The van der Waals surface area contributed by atoms with E-state index >= 15 is 0 Å². The third-order valence-electron chi connectivity index (χ3n) is 1.20. The van der Waals surface area contributed by atoms with E-state index in [1.165, 1.54) is 0 Å². The van der Waals surface area contributed by atoms with Gasteiger partial charge in [-0.15, -0.1) is 11.6 Å². The molecule has 0 aromatic rings. The molecule has 1 amide bonds. The van der Waals surface area contributed by atoms with E-state index in [2.05, 4.69) is 11.9 Å². The lowest BCUT2D eigenvalue weighted by atomic mass is 10.3. The number of hydrogen-bond acceptors (Lipinski definition) is 2. The molecule has 0 aliphatic heterocycles. The maximum atomic E-state index is 10.6. The highest BCUT2D eigenvalue weighted by Gasteiger charge is 2.10. The topological polar surface area (TPSA) is 49.3 Å². The van der Waals surface area contributed by atoms with Crippen molar-refractivity contribution in [1.29, 1.82) is 0 Å². The Morgan fingerprint density at radius 2 is 2.45 bits per heavy atom. The van der Waals surface area contributed by atoms with Crippen LogP contribution < -0.4 is 5.32 Å². The Morgan fingerprint density at radius 3 is 2.82 bits per heavy atom. The highest BCUT2D eigenvalue weighted by Crippen LogP contribution is 1.99. The Hall–Kier alpha value is -0.540. The van der Waals surface area contributed by atoms with Crippen molar-refractivity contribution >= 4 is 17.5 Å². The summed E-state index contributed by atoms with van der Waals surface area (Å²) < 4.78 is 0. The molecule has 0 fully saturated rings. The van der Waals surface area contributed by atoms with Crippen LogP contribution in [0.5, 0.6) is 0 Å². The van der Waals surface area contributed by atoms with Gasteiger partial charge >= 0.3 is 0 Å². The van der Waals surface area contributed by atoms with Gasteiger partial charge in [-0.1, -0.05) is 6.58 Å². The molecule has 2 atom stereocenters. The van der Waals surface area contributed by atoms with Gasteiger partial charge in [0.05, 0.1) is 11.5 Å². The van der Waals surface area contributed by atoms with Gasteiger partial charge in [-0.3, -0.25) is 4.79 Å². The molecule has 0 radical (unpaired) electrons. The van der Waals surface area contributed by atoms with E-state index in [0.717, 1.165) is 6.08 Å². The largest absolute Gasteiger partial charge is 0.390 e. The summed E-state index contributed by atoms with van der Waals surface area (Å²) in [7, 11) is 0. The molecule has 64 valence electrons. The molecule has 0 bridgehead atoms. The molecule has 4 heteroatoms. The van der Waals surface area contributed by atoms with Gasteiger partial charge in [0.25, 0.3) is 0 Å². The first-order valence-corrected chi connectivity index (χ1v) is 3.74. The second-order valence-electron chi connectivity index (χ2n) is 2.19. The van der Waals surface area contributed by atoms with Crippen molar-refractivity contribution in [3.63, 3.8) is 0 Å². The van der Waals surface area contributed by atoms with E-state index < -0.39 is 6.10 Å². The fourth-order valence-electron chi connectivity index (χ4n) is 0.440. The molecule has 0 aliphatic carbocycles. The smallest absolute Gasteiger partial charge is 0.243 e. The summed E-state index contributed by atoms with van der Waals surface area (Å²) in [5.41, 5.74) is 0. The molecule has 2 N–H and O–H groups in total. The van der Waals surface area contributed by atoms with Crippen molar-refractivity contribution in [2.24, 2.45) is 0 Å². The molecule has 0 rings (SSSR count). The van der Waals surface area contributed by atoms with Gasteiger partial charge < -0.3 is 10.4 Å². The Balaban J connectivity index is 3.53. The fraction of sp³-hybridized carbons (Fsp3) is 0.571. The van der Waals surface area contributed by atoms with Gasteiger partial charge in [0, 0.05) is 6.54 Å². The lowest BCUT2D eigenvalue weighted by molar-refractivity contribution is -0.116. The molecule has 11 heavy (non-hydrogen) atoms. The molecule has 0 aromatic carbocycles. The van der Waals surface area contributed by atoms with Crippen molar-refractivity contribution in [1.82, 2.24) is 5.32 Å². The predicted molar refractivity (Wildman–Crippen MR) is 44.5 cm³/mol. The summed E-state index contributed by atoms with van der Waals surface area (Å²) in [6, 6.07) is 0. The van der Waals surface area contributed by atoms with Crippen LogP contribution >= 0.6 is 11.6 Å². The summed E-state index contributed by atoms with van der Waals surface area (Å²) in [5.74, 6) is -0.304. The zero-order valence-electron chi connectivity index (χ0n) is 6.38. The third-order valence-corrected chi connectivity index (χ3v) is 1.49. The molecule has 2 unspecified atom stereocenters. The summed E-state index contributed by atoms with van der Waals surface area (Å²) in [4.78, 5) is 10.6. The normalized spacial score (nSPS) is 15.2. The molecular formula is C7H12ClNO2. The highest BCUT2D eigenvalue weighted by molar-refractivity contribution is 6.20. The number of carbonyl (C=O) groups is 1. The SMILES string of the molecule is C=CC(=O)NCC(O)C(C)Cl. The van der Waals surface area contributed by atoms with E-state index in [1.807, 2.05) is 0 Å². The van der Waals surface area contributed by atoms with Crippen LogP contribution in [0.25, 0.3) is 0 Å². The maximum Gasteiger partial charge on any atom is 0.243 e. The maximum absolute atomic E-state index is 10.6. The molecular weight excluding hydrogens is 166 g/mol. The quantitative estimate of drug-likeness (QED) is 0.479. The van der Waals surface area contributed by atoms with E-state index in [1.54, 1.807) is 6.92 Å². The van der Waals surface area contributed by atoms with Gasteiger partial charge in [0.1, 0.15) is 0 Å². The minimum atomic E-state index is -0.708. The van der Waals surface area contributed by atoms with Crippen LogP contribution in [0.2, 0.25) is 0 Å². The second-order valence-corrected chi connectivity index (χ2v) is 2.88. The molecule has 0 aromatic heterocycles. The Bertz CT molecular complexity index is 147. The Morgan fingerprint density at radius 1 is 1.91 bits per heavy atom. The van der Waals surface area contributed by atoms with Crippen molar-refractivity contribution in [3.8, 4) is 0 Å². The highest BCUT2D eigenvalue weighted by atomic mass is 35.5. The van der Waals surface area contributed by atoms with Gasteiger partial charge in [0.2, 0.25) is 5.91 Å². The molecule has 0 aliphatic rings. The van der Waals surface area contributed by atoms with Crippen LogP contribution in [0.3, 0.4) is 0 Å². The van der Waals surface area contributed by atoms with Crippen LogP contribution in [-0.2, 0) is 4.79 Å². The first kappa shape index (κ1) is 10.5. The van der Waals surface area contributed by atoms with Gasteiger partial charge in [0.15, 0.2) is 0 Å². The van der Waals surface area contributed by atoms with Crippen LogP contribution in [0.1, 0.15) is 6.92 Å². The summed E-state index contributed by atoms with van der Waals surface area (Å²) in [6.45, 7) is 5.08. The number of aliphatic hydroxyl groups excluding tert-OH is 1. The average molecular weight is 178 g/mol. The van der Waals surface area contributed by atoms with Gasteiger partial charge in [-0.25, -0.2) is 0 Å². The minimum Gasteiger partial charge on any atom is -0.390 e. The number of nitrogens with one attached hydrogen (secondary N) is 1. The van der Waals surface area contributed by atoms with E-state index in [4.69, 9.17) is 16.7 Å². The lowest BCUT2D eigenvalue weighted by Crippen LogP contribution is -2.34. The van der Waals surface area contributed by atoms with E-state index in [-0.39, 0.29) is 17.8 Å². The molecule has 0 heterocycles. The number of carbonyl (C=O) groups excluding carboxylic acids is 1. The zero-order chi connectivity index (χ0) is 8.85. The number of rotatable bonds is 4. The average Bonchev–Trinajstić information content (AvgIpc) is 1.99. The molecule has 0 spiro atoms. The number of aliphatic hydroxyl groups is 1. The predicted octanol–water partition coefficient (Wildman–Crippen LogP) is 0.277. The third kappa shape index (κ3) is 4.81. The number of alkyl halides is 1. The second kappa shape index (κ2) is 5.16. The summed E-state index contributed by atoms with van der Waals surface area (Å²) >= 11 is 5.53. The first-order chi connectivity index (χ1) is 5.07. The minimum absolute atomic E-state index is 0.162. The monoisotopic (exact) mass is 177 g/mol. The number of halogens is 1. The van der Waals surface area contributed by atoms with Crippen LogP contribution in [0.15, 0.2) is 12.7 Å². The van der Waals surface area contributed by atoms with E-state index in [9.17, 15) is 4.79 Å². The van der Waals surface area contributed by atoms with Gasteiger partial charge in [-0.2, -0.15) is 0 Å². The van der Waals surface area contributed by atoms with Gasteiger partial charge in [-0.05, 0) is 13.0 Å². The molecule has 0 saturated heterocycles. The van der Waals surface area contributed by atoms with Crippen LogP contribution in [0, 0.1) is 0 Å². The fourth-order valence-corrected chi connectivity index (χ4v) is 0.529. The van der Waals surface area contributed by atoms with Crippen molar-refractivity contribution < 1.29 is 9.90 Å². The van der Waals surface area contributed by atoms with Crippen molar-refractivity contribution in [2.75, 3.05) is 6.54 Å². The number of hydrogen-bond donors (Lipinski definition) is 2. The van der Waals surface area contributed by atoms with Crippen molar-refractivity contribution in [2.45, 2.75) is 18.4 Å². The standard InChI is InChI=1S/C7H12ClNO2/c1-3-7(11)9-4-6(10)5(2)8/h3,5-6,10H,1,4H2,2H3,(H,9,11). The van der Waals surface area contributed by atoms with E-state index in [0.29, 0.717) is 0 Å². The number of amides is 1. The Kier molecular flexibility index (Phi) is 4.90. The molecule has 3 nitrogen and oxygen atoms in total. The summed E-state index contributed by atoms with van der Waals surface area (Å²) in [5, 5.41) is 11.2. The zero-order valence-corrected chi connectivity index (χ0v) is 7.14. The summed E-state index contributed by atoms with van der Waals surface area (Å²) in [6.07, 6.45) is 0.437. The Labute approximate surface area is 71.0 Å². The molecule has 0 saturated carbocycles. The van der Waals surface area contributed by atoms with Crippen LogP contribution in [-0.4, -0.2) is 29.0 Å². The van der Waals surface area contributed by atoms with Crippen LogP contribution in [0.4, 0.5) is 0 Å². The first-order valence-electron chi connectivity index (χ1n) is 3.30. The van der Waals surface area contributed by atoms with Crippen molar-refractivity contribution in [3.05, 3.63) is 12.7 Å². The lowest BCUT2D eigenvalue weighted by Gasteiger charge is -2.12.